The lowest BCUT2D eigenvalue weighted by atomic mass is 9.99. The second kappa shape index (κ2) is 10.3. The fourth-order valence-corrected chi connectivity index (χ4v) is 2.47. The van der Waals surface area contributed by atoms with Gasteiger partial charge < -0.3 is 20.3 Å². The number of hydrogen-bond acceptors (Lipinski definition) is 5. The number of nitrogens with zero attached hydrogens (tertiary/aromatic N) is 1. The zero-order chi connectivity index (χ0) is 19.6. The predicted octanol–water partition coefficient (Wildman–Crippen LogP) is 2.60. The molecule has 3 N–H and O–H groups in total. The number of amides is 1. The molecule has 2 aromatic rings. The van der Waals surface area contributed by atoms with Crippen LogP contribution >= 0.6 is 0 Å². The van der Waals surface area contributed by atoms with E-state index >= 15 is 0 Å². The first-order valence-electron chi connectivity index (χ1n) is 8.47. The number of nitriles is 1. The van der Waals surface area contributed by atoms with Gasteiger partial charge in [-0.15, -0.1) is 0 Å². The highest BCUT2D eigenvalue weighted by molar-refractivity contribution is 5.67. The second-order valence-electron chi connectivity index (χ2n) is 5.98. The molecule has 0 saturated heterocycles. The third-order valence-corrected chi connectivity index (χ3v) is 3.95. The lowest BCUT2D eigenvalue weighted by molar-refractivity contribution is 0.0116. The van der Waals surface area contributed by atoms with Crippen LogP contribution in [0, 0.1) is 17.1 Å². The van der Waals surface area contributed by atoms with Crippen molar-refractivity contribution >= 4 is 6.09 Å². The van der Waals surface area contributed by atoms with Gasteiger partial charge in [-0.05, 0) is 23.6 Å². The number of rotatable bonds is 8. The Labute approximate surface area is 156 Å². The molecule has 0 aromatic heterocycles. The van der Waals surface area contributed by atoms with Gasteiger partial charge in [-0.2, -0.15) is 5.26 Å². The maximum absolute atomic E-state index is 14.0. The van der Waals surface area contributed by atoms with Gasteiger partial charge >= 0.3 is 6.09 Å². The topological polar surface area (TPSA) is 103 Å². The molecular weight excluding hydrogens is 351 g/mol. The zero-order valence-corrected chi connectivity index (χ0v) is 14.6. The van der Waals surface area contributed by atoms with E-state index in [4.69, 9.17) is 10.00 Å². The van der Waals surface area contributed by atoms with Gasteiger partial charge in [-0.3, -0.25) is 0 Å². The molecule has 142 valence electrons. The number of aliphatic hydroxyl groups is 2. The van der Waals surface area contributed by atoms with E-state index in [0.29, 0.717) is 5.56 Å². The van der Waals surface area contributed by atoms with E-state index in [1.165, 1.54) is 12.1 Å². The molecule has 2 atom stereocenters. The van der Waals surface area contributed by atoms with E-state index in [9.17, 15) is 19.4 Å². The van der Waals surface area contributed by atoms with Crippen LogP contribution in [0.5, 0.6) is 0 Å². The molecular formula is C20H21FN2O4. The van der Waals surface area contributed by atoms with Crippen molar-refractivity contribution in [1.82, 2.24) is 5.32 Å². The maximum Gasteiger partial charge on any atom is 0.407 e. The van der Waals surface area contributed by atoms with Gasteiger partial charge in [0.25, 0.3) is 0 Å². The molecule has 0 radical (unpaired) electrons. The summed E-state index contributed by atoms with van der Waals surface area (Å²) in [7, 11) is 0. The Balaban J connectivity index is 1.77. The Hall–Kier alpha value is -2.95. The highest BCUT2D eigenvalue weighted by atomic mass is 19.1. The van der Waals surface area contributed by atoms with Gasteiger partial charge in [0, 0.05) is 12.1 Å². The van der Waals surface area contributed by atoms with Gasteiger partial charge in [0.15, 0.2) is 0 Å². The minimum Gasteiger partial charge on any atom is -0.445 e. The van der Waals surface area contributed by atoms with Gasteiger partial charge in [0.2, 0.25) is 0 Å². The van der Waals surface area contributed by atoms with Crippen molar-refractivity contribution < 1.29 is 24.1 Å². The van der Waals surface area contributed by atoms with Crippen LogP contribution < -0.4 is 5.32 Å². The van der Waals surface area contributed by atoms with Crippen LogP contribution in [0.2, 0.25) is 0 Å². The third kappa shape index (κ3) is 6.37. The van der Waals surface area contributed by atoms with Crippen LogP contribution in [-0.4, -0.2) is 29.0 Å². The number of nitrogens with one attached hydrogen (secondary N) is 1. The van der Waals surface area contributed by atoms with E-state index < -0.39 is 24.1 Å². The number of hydrogen-bond donors (Lipinski definition) is 3. The van der Waals surface area contributed by atoms with Crippen molar-refractivity contribution in [3.63, 3.8) is 0 Å². The summed E-state index contributed by atoms with van der Waals surface area (Å²) in [6.07, 6.45) is -3.28. The fourth-order valence-electron chi connectivity index (χ4n) is 2.47. The van der Waals surface area contributed by atoms with E-state index in [0.717, 1.165) is 11.6 Å². The van der Waals surface area contributed by atoms with Crippen LogP contribution in [0.1, 0.15) is 29.2 Å². The number of halogens is 1. The summed E-state index contributed by atoms with van der Waals surface area (Å²) in [5.74, 6) is -0.690. The smallest absolute Gasteiger partial charge is 0.407 e. The Bertz CT molecular complexity index is 792. The summed E-state index contributed by atoms with van der Waals surface area (Å²) in [5.41, 5.74) is 1.28. The molecule has 1 amide bonds. The molecule has 0 bridgehead atoms. The second-order valence-corrected chi connectivity index (χ2v) is 5.98. The molecule has 0 fully saturated rings. The summed E-state index contributed by atoms with van der Waals surface area (Å²) in [4.78, 5) is 11.6. The van der Waals surface area contributed by atoms with Crippen molar-refractivity contribution in [3.05, 3.63) is 71.0 Å². The first-order valence-corrected chi connectivity index (χ1v) is 8.47. The molecule has 6 nitrogen and oxygen atoms in total. The minimum atomic E-state index is -1.44. The first kappa shape index (κ1) is 20.4. The van der Waals surface area contributed by atoms with Gasteiger partial charge in [-0.1, -0.05) is 42.5 Å². The zero-order valence-electron chi connectivity index (χ0n) is 14.6. The molecule has 0 saturated carbocycles. The van der Waals surface area contributed by atoms with Crippen molar-refractivity contribution in [2.75, 3.05) is 6.54 Å². The maximum atomic E-state index is 14.0. The SMILES string of the molecule is N#CCc1ccc(C(O)C(O)CCNC(=O)OCc2ccccc2)c(F)c1. The highest BCUT2D eigenvalue weighted by Gasteiger charge is 2.21. The van der Waals surface area contributed by atoms with E-state index in [1.807, 2.05) is 36.4 Å². The van der Waals surface area contributed by atoms with Crippen molar-refractivity contribution in [2.45, 2.75) is 31.7 Å². The third-order valence-electron chi connectivity index (χ3n) is 3.95. The van der Waals surface area contributed by atoms with Crippen LogP contribution in [-0.2, 0) is 17.8 Å². The Morgan fingerprint density at radius 3 is 2.59 bits per heavy atom. The highest BCUT2D eigenvalue weighted by Crippen LogP contribution is 2.23. The van der Waals surface area contributed by atoms with Gasteiger partial charge in [-0.25, -0.2) is 9.18 Å². The molecule has 2 unspecified atom stereocenters. The molecule has 0 aliphatic rings. The van der Waals surface area contributed by atoms with Crippen molar-refractivity contribution in [1.29, 1.82) is 5.26 Å². The summed E-state index contributed by atoms with van der Waals surface area (Å²) in [6.45, 7) is 0.179. The quantitative estimate of drug-likeness (QED) is 0.661. The largest absolute Gasteiger partial charge is 0.445 e. The number of ether oxygens (including phenoxy) is 1. The molecule has 0 aliphatic carbocycles. The van der Waals surface area contributed by atoms with Crippen LogP contribution in [0.4, 0.5) is 9.18 Å². The minimum absolute atomic E-state index is 0.0149. The molecule has 0 aliphatic heterocycles. The number of carbonyl (C=O) groups is 1. The van der Waals surface area contributed by atoms with E-state index in [1.54, 1.807) is 0 Å². The lowest BCUT2D eigenvalue weighted by Crippen LogP contribution is -2.30. The Kier molecular flexibility index (Phi) is 7.74. The van der Waals surface area contributed by atoms with Crippen molar-refractivity contribution in [2.24, 2.45) is 0 Å². The van der Waals surface area contributed by atoms with Gasteiger partial charge in [0.1, 0.15) is 18.5 Å². The summed E-state index contributed by atoms with van der Waals surface area (Å²) < 4.78 is 19.1. The number of benzene rings is 2. The average Bonchev–Trinajstić information content (AvgIpc) is 2.67. The normalized spacial score (nSPS) is 12.7. The molecule has 27 heavy (non-hydrogen) atoms. The monoisotopic (exact) mass is 372 g/mol. The molecule has 0 spiro atoms. The van der Waals surface area contributed by atoms with E-state index in [2.05, 4.69) is 5.32 Å². The molecule has 2 rings (SSSR count). The van der Waals surface area contributed by atoms with Crippen LogP contribution in [0.25, 0.3) is 0 Å². The molecule has 7 heteroatoms. The standard InChI is InChI=1S/C20H21FN2O4/c21-17-12-14(8-10-22)6-7-16(17)19(25)18(24)9-11-23-20(26)27-13-15-4-2-1-3-5-15/h1-7,12,18-19,24-25H,8-9,11,13H2,(H,23,26). The summed E-state index contributed by atoms with van der Waals surface area (Å²) >= 11 is 0. The summed E-state index contributed by atoms with van der Waals surface area (Å²) in [5, 5.41) is 31.2. The van der Waals surface area contributed by atoms with E-state index in [-0.39, 0.29) is 31.6 Å². The van der Waals surface area contributed by atoms with Crippen LogP contribution in [0.3, 0.4) is 0 Å². The molecule has 2 aromatic carbocycles. The van der Waals surface area contributed by atoms with Crippen molar-refractivity contribution in [3.8, 4) is 6.07 Å². The Morgan fingerprint density at radius 1 is 1.19 bits per heavy atom. The van der Waals surface area contributed by atoms with Gasteiger partial charge in [0.05, 0.1) is 18.6 Å². The molecule has 0 heterocycles. The summed E-state index contributed by atoms with van der Waals surface area (Å²) in [6, 6.07) is 15.1. The number of carbonyl (C=O) groups excluding carboxylic acids is 1. The van der Waals surface area contributed by atoms with Crippen LogP contribution in [0.15, 0.2) is 48.5 Å². The lowest BCUT2D eigenvalue weighted by Gasteiger charge is -2.19. The number of alkyl carbamates (subject to hydrolysis) is 1. The first-order chi connectivity index (χ1) is 13.0. The average molecular weight is 372 g/mol. The number of aliphatic hydroxyl groups excluding tert-OH is 2. The fraction of sp³-hybridized carbons (Fsp3) is 0.300. The predicted molar refractivity (Wildman–Crippen MR) is 95.9 cm³/mol. The Morgan fingerprint density at radius 2 is 1.93 bits per heavy atom.